The molecule has 0 bridgehead atoms. The number of methoxy groups -OCH3 is 1. The third-order valence-corrected chi connectivity index (χ3v) is 3.54. The Morgan fingerprint density at radius 2 is 1.82 bits per heavy atom. The monoisotopic (exact) mass is 383 g/mol. The first-order chi connectivity index (χ1) is 13.3. The number of phenols is 1. The molecule has 8 nitrogen and oxygen atoms in total. The maximum Gasteiger partial charge on any atom is 0.376 e. The van der Waals surface area contributed by atoms with Crippen LogP contribution < -0.4 is 10.1 Å². The number of phenolic OH excluding ortho intramolecular Hbond substituents is 1. The normalized spacial score (nSPS) is 11.2. The Hall–Kier alpha value is -4.07. The second-order valence-corrected chi connectivity index (χ2v) is 5.53. The van der Waals surface area contributed by atoms with Gasteiger partial charge in [-0.3, -0.25) is 9.59 Å². The number of ketones is 1. The number of aliphatic carboxylic acids is 1. The van der Waals surface area contributed by atoms with Gasteiger partial charge in [0.2, 0.25) is 5.91 Å². The lowest BCUT2D eigenvalue weighted by molar-refractivity contribution is -0.146. The quantitative estimate of drug-likeness (QED) is 0.328. The van der Waals surface area contributed by atoms with Crippen molar-refractivity contribution >= 4 is 35.2 Å². The maximum atomic E-state index is 12.1. The zero-order valence-corrected chi connectivity index (χ0v) is 14.7. The van der Waals surface area contributed by atoms with Gasteiger partial charge in [-0.05, 0) is 35.9 Å². The standard InChI is InChI=1S/C20H17NO7/c1-28-18-9-12(5-7-15(18)22)6-8-19(25)21-14-4-2-3-13(10-14)16(23)11-17(24)20(26)27/h2-11,22-23H,1H3,(H,21,25)(H,26,27)/b8-6+,16-11-. The average Bonchev–Trinajstić information content (AvgIpc) is 2.67. The molecule has 0 aromatic heterocycles. The number of hydrogen-bond acceptors (Lipinski definition) is 6. The fourth-order valence-electron chi connectivity index (χ4n) is 2.18. The highest BCUT2D eigenvalue weighted by atomic mass is 16.5. The molecule has 0 aliphatic rings. The van der Waals surface area contributed by atoms with Crippen LogP contribution in [-0.4, -0.2) is 40.1 Å². The van der Waals surface area contributed by atoms with Crippen molar-refractivity contribution in [3.05, 3.63) is 65.7 Å². The van der Waals surface area contributed by atoms with Gasteiger partial charge >= 0.3 is 5.97 Å². The van der Waals surface area contributed by atoms with E-state index in [9.17, 15) is 24.6 Å². The van der Waals surface area contributed by atoms with Gasteiger partial charge in [0, 0.05) is 23.4 Å². The van der Waals surface area contributed by atoms with Crippen molar-refractivity contribution in [3.63, 3.8) is 0 Å². The molecular formula is C20H17NO7. The number of benzene rings is 2. The molecule has 8 heteroatoms. The van der Waals surface area contributed by atoms with Crippen LogP contribution in [0.4, 0.5) is 5.69 Å². The molecule has 0 heterocycles. The average molecular weight is 383 g/mol. The van der Waals surface area contributed by atoms with Gasteiger partial charge in [0.05, 0.1) is 7.11 Å². The van der Waals surface area contributed by atoms with Crippen molar-refractivity contribution in [2.75, 3.05) is 12.4 Å². The Morgan fingerprint density at radius 1 is 1.07 bits per heavy atom. The van der Waals surface area contributed by atoms with Crippen LogP contribution >= 0.6 is 0 Å². The molecule has 2 aromatic rings. The Morgan fingerprint density at radius 3 is 2.50 bits per heavy atom. The molecule has 0 atom stereocenters. The van der Waals surface area contributed by atoms with Gasteiger partial charge in [0.15, 0.2) is 11.5 Å². The molecule has 0 spiro atoms. The number of carbonyl (C=O) groups is 3. The van der Waals surface area contributed by atoms with Gasteiger partial charge in [-0.15, -0.1) is 0 Å². The van der Waals surface area contributed by atoms with Gasteiger partial charge < -0.3 is 25.4 Å². The van der Waals surface area contributed by atoms with E-state index in [1.165, 1.54) is 43.5 Å². The molecule has 0 unspecified atom stereocenters. The maximum absolute atomic E-state index is 12.1. The molecule has 0 aliphatic heterocycles. The number of carbonyl (C=O) groups excluding carboxylic acids is 2. The molecule has 4 N–H and O–H groups in total. The predicted octanol–water partition coefficient (Wildman–Crippen LogP) is 2.61. The number of rotatable bonds is 7. The highest BCUT2D eigenvalue weighted by Gasteiger charge is 2.11. The fourth-order valence-corrected chi connectivity index (χ4v) is 2.18. The zero-order chi connectivity index (χ0) is 20.7. The molecule has 0 radical (unpaired) electrons. The highest BCUT2D eigenvalue weighted by molar-refractivity contribution is 6.38. The highest BCUT2D eigenvalue weighted by Crippen LogP contribution is 2.26. The van der Waals surface area contributed by atoms with Crippen LogP contribution in [0.3, 0.4) is 0 Å². The van der Waals surface area contributed by atoms with Crippen LogP contribution in [0, 0.1) is 0 Å². The van der Waals surface area contributed by atoms with E-state index in [-0.39, 0.29) is 17.1 Å². The molecule has 0 saturated carbocycles. The lowest BCUT2D eigenvalue weighted by Gasteiger charge is -2.06. The van der Waals surface area contributed by atoms with Crippen LogP contribution in [0.1, 0.15) is 11.1 Å². The first kappa shape index (κ1) is 20.2. The van der Waals surface area contributed by atoms with Crippen molar-refractivity contribution in [1.82, 2.24) is 0 Å². The second-order valence-electron chi connectivity index (χ2n) is 5.53. The van der Waals surface area contributed by atoms with E-state index < -0.39 is 23.4 Å². The minimum Gasteiger partial charge on any atom is -0.507 e. The van der Waals surface area contributed by atoms with E-state index in [0.29, 0.717) is 17.3 Å². The number of amides is 1. The minimum absolute atomic E-state index is 0.0184. The summed E-state index contributed by atoms with van der Waals surface area (Å²) in [5, 5.41) is 30.5. The predicted molar refractivity (Wildman–Crippen MR) is 102 cm³/mol. The summed E-state index contributed by atoms with van der Waals surface area (Å²) >= 11 is 0. The molecule has 0 saturated heterocycles. The number of aliphatic hydroxyl groups is 1. The Kier molecular flexibility index (Phi) is 6.53. The van der Waals surface area contributed by atoms with Crippen LogP contribution in [-0.2, 0) is 14.4 Å². The smallest absolute Gasteiger partial charge is 0.376 e. The summed E-state index contributed by atoms with van der Waals surface area (Å²) in [5.74, 6) is -3.70. The van der Waals surface area contributed by atoms with E-state index in [0.717, 1.165) is 0 Å². The van der Waals surface area contributed by atoms with Crippen molar-refractivity contribution < 1.29 is 34.4 Å². The van der Waals surface area contributed by atoms with Crippen LogP contribution in [0.15, 0.2) is 54.6 Å². The summed E-state index contributed by atoms with van der Waals surface area (Å²) < 4.78 is 4.99. The largest absolute Gasteiger partial charge is 0.507 e. The second kappa shape index (κ2) is 9.04. The van der Waals surface area contributed by atoms with Gasteiger partial charge in [-0.25, -0.2) is 4.79 Å². The summed E-state index contributed by atoms with van der Waals surface area (Å²) in [6.07, 6.45) is 3.37. The van der Waals surface area contributed by atoms with Gasteiger partial charge in [0.1, 0.15) is 5.76 Å². The number of aromatic hydroxyl groups is 1. The van der Waals surface area contributed by atoms with Gasteiger partial charge in [-0.1, -0.05) is 18.2 Å². The first-order valence-corrected chi connectivity index (χ1v) is 7.94. The number of ether oxygens (including phenoxy) is 1. The zero-order valence-electron chi connectivity index (χ0n) is 14.7. The lowest BCUT2D eigenvalue weighted by Crippen LogP contribution is -2.10. The van der Waals surface area contributed by atoms with Crippen LogP contribution in [0.2, 0.25) is 0 Å². The van der Waals surface area contributed by atoms with Crippen molar-refractivity contribution in [2.45, 2.75) is 0 Å². The number of carboxylic acid groups (broad SMARTS) is 1. The van der Waals surface area contributed by atoms with Crippen molar-refractivity contribution in [1.29, 1.82) is 0 Å². The first-order valence-electron chi connectivity index (χ1n) is 7.94. The summed E-state index contributed by atoms with van der Waals surface area (Å²) in [6.45, 7) is 0. The molecule has 2 aromatic carbocycles. The minimum atomic E-state index is -1.69. The number of aliphatic hydroxyl groups excluding tert-OH is 1. The summed E-state index contributed by atoms with van der Waals surface area (Å²) in [6, 6.07) is 10.5. The molecule has 0 aliphatic carbocycles. The molecule has 28 heavy (non-hydrogen) atoms. The Balaban J connectivity index is 2.10. The third kappa shape index (κ3) is 5.46. The van der Waals surface area contributed by atoms with Crippen LogP contribution in [0.5, 0.6) is 11.5 Å². The van der Waals surface area contributed by atoms with Crippen molar-refractivity contribution in [2.24, 2.45) is 0 Å². The number of hydrogen-bond donors (Lipinski definition) is 4. The fraction of sp³-hybridized carbons (Fsp3) is 0.0500. The van der Waals surface area contributed by atoms with Gasteiger partial charge in [0.25, 0.3) is 5.78 Å². The van der Waals surface area contributed by atoms with Gasteiger partial charge in [-0.2, -0.15) is 0 Å². The molecule has 0 fully saturated rings. The van der Waals surface area contributed by atoms with E-state index in [2.05, 4.69) is 5.32 Å². The van der Waals surface area contributed by atoms with E-state index in [1.54, 1.807) is 18.2 Å². The number of anilines is 1. The summed E-state index contributed by atoms with van der Waals surface area (Å²) in [7, 11) is 1.41. The Bertz CT molecular complexity index is 976. The van der Waals surface area contributed by atoms with Crippen LogP contribution in [0.25, 0.3) is 11.8 Å². The topological polar surface area (TPSA) is 133 Å². The summed E-state index contributed by atoms with van der Waals surface area (Å²) in [5.41, 5.74) is 1.13. The molecule has 144 valence electrons. The van der Waals surface area contributed by atoms with E-state index >= 15 is 0 Å². The molecule has 2 rings (SSSR count). The third-order valence-electron chi connectivity index (χ3n) is 3.54. The van der Waals surface area contributed by atoms with E-state index in [4.69, 9.17) is 9.84 Å². The number of nitrogens with one attached hydrogen (secondary N) is 1. The molecular weight excluding hydrogens is 366 g/mol. The lowest BCUT2D eigenvalue weighted by atomic mass is 10.1. The Labute approximate surface area is 160 Å². The van der Waals surface area contributed by atoms with Crippen molar-refractivity contribution in [3.8, 4) is 11.5 Å². The van der Waals surface area contributed by atoms with E-state index in [1.807, 2.05) is 0 Å². The number of carboxylic acids is 1. The molecule has 1 amide bonds. The summed E-state index contributed by atoms with van der Waals surface area (Å²) in [4.78, 5) is 33.7. The SMILES string of the molecule is COc1cc(/C=C/C(=O)Nc2cccc(/C(O)=C/C(=O)C(=O)O)c2)ccc1O.